The zero-order chi connectivity index (χ0) is 15.5. The Balaban J connectivity index is 2.22. The van der Waals surface area contributed by atoms with Gasteiger partial charge in [-0.05, 0) is 24.0 Å². The molecule has 21 heavy (non-hydrogen) atoms. The second-order valence-electron chi connectivity index (χ2n) is 5.26. The van der Waals surface area contributed by atoms with Crippen LogP contribution in [0.25, 0.3) is 0 Å². The largest absolute Gasteiger partial charge is 0.465 e. The molecule has 0 bridgehead atoms. The van der Waals surface area contributed by atoms with Gasteiger partial charge in [0.2, 0.25) is 0 Å². The molecule has 0 aromatic heterocycles. The van der Waals surface area contributed by atoms with Crippen LogP contribution in [0.15, 0.2) is 24.3 Å². The van der Waals surface area contributed by atoms with Crippen molar-refractivity contribution in [2.45, 2.75) is 24.8 Å². The fraction of sp³-hybridized carbons (Fsp3) is 0.500. The van der Waals surface area contributed by atoms with Crippen molar-refractivity contribution in [2.24, 2.45) is 0 Å². The summed E-state index contributed by atoms with van der Waals surface area (Å²) in [5.74, 6) is -0.558. The van der Waals surface area contributed by atoms with Gasteiger partial charge in [-0.15, -0.1) is 0 Å². The number of aliphatic hydroxyl groups is 1. The van der Waals surface area contributed by atoms with Crippen LogP contribution in [0.3, 0.4) is 0 Å². The van der Waals surface area contributed by atoms with Crippen LogP contribution in [0.5, 0.6) is 0 Å². The number of amides is 1. The molecule has 0 fully saturated rings. The first kappa shape index (κ1) is 15.8. The van der Waals surface area contributed by atoms with Crippen molar-refractivity contribution in [3.8, 4) is 0 Å². The molecule has 2 rings (SSSR count). The van der Waals surface area contributed by atoms with Gasteiger partial charge in [0.1, 0.15) is 0 Å². The van der Waals surface area contributed by atoms with Crippen LogP contribution in [0, 0.1) is 0 Å². The number of nitrogens with one attached hydrogen (secondary N) is 1. The zero-order valence-corrected chi connectivity index (χ0v) is 12.3. The van der Waals surface area contributed by atoms with E-state index in [1.165, 1.54) is 0 Å². The fourth-order valence-electron chi connectivity index (χ4n) is 2.84. The minimum absolute atomic E-state index is 0.0814. The van der Waals surface area contributed by atoms with E-state index in [2.05, 4.69) is 5.32 Å². The Labute approximate surface area is 123 Å². The van der Waals surface area contributed by atoms with Gasteiger partial charge in [0.25, 0.3) is 0 Å². The van der Waals surface area contributed by atoms with Crippen LogP contribution >= 0.6 is 0 Å². The van der Waals surface area contributed by atoms with E-state index in [0.717, 1.165) is 11.1 Å². The molecule has 1 aliphatic rings. The number of carboxylic acid groups (broad SMARTS) is 1. The lowest BCUT2D eigenvalue weighted by atomic mass is 10.0. The smallest absolute Gasteiger partial charge is 0.404 e. The molecule has 1 aliphatic carbocycles. The molecule has 0 spiro atoms. The number of rotatable bonds is 6. The molecule has 0 aliphatic heterocycles. The molecule has 7 heteroatoms. The summed E-state index contributed by atoms with van der Waals surface area (Å²) in [6, 6.07) is 7.01. The minimum Gasteiger partial charge on any atom is -0.465 e. The molecule has 1 aromatic rings. The molecule has 1 amide bonds. The molecule has 0 saturated carbocycles. The van der Waals surface area contributed by atoms with Crippen molar-refractivity contribution in [1.29, 1.82) is 0 Å². The number of aliphatic hydroxyl groups excluding tert-OH is 1. The Morgan fingerprint density at radius 1 is 1.33 bits per heavy atom. The van der Waals surface area contributed by atoms with Crippen LogP contribution in [0.1, 0.15) is 23.5 Å². The van der Waals surface area contributed by atoms with Gasteiger partial charge < -0.3 is 15.5 Å². The van der Waals surface area contributed by atoms with Gasteiger partial charge in [-0.3, -0.25) is 0 Å². The highest BCUT2D eigenvalue weighted by atomic mass is 32.2. The first-order chi connectivity index (χ1) is 9.93. The van der Waals surface area contributed by atoms with E-state index in [-0.39, 0.29) is 30.5 Å². The van der Waals surface area contributed by atoms with Crippen molar-refractivity contribution in [3.63, 3.8) is 0 Å². The summed E-state index contributed by atoms with van der Waals surface area (Å²) < 4.78 is 24.2. The molecule has 3 N–H and O–H groups in total. The summed E-state index contributed by atoms with van der Waals surface area (Å²) >= 11 is 0. The standard InChI is InChI=1S/C14H19NO5S/c16-6-3-7-21(19,20)9-12-11-5-2-1-4-10(11)8-13(12)15-14(17)18/h1-2,4-5,12-13,15-16H,3,6-9H2,(H,17,18)/t12-,13-/m1/s1. The van der Waals surface area contributed by atoms with Crippen LogP contribution in [0.4, 0.5) is 4.79 Å². The first-order valence-electron chi connectivity index (χ1n) is 6.81. The van der Waals surface area contributed by atoms with Gasteiger partial charge >= 0.3 is 6.09 Å². The molecule has 0 unspecified atom stereocenters. The van der Waals surface area contributed by atoms with Crippen LogP contribution in [-0.4, -0.2) is 48.9 Å². The quantitative estimate of drug-likeness (QED) is 0.719. The average molecular weight is 313 g/mol. The van der Waals surface area contributed by atoms with Gasteiger partial charge in [0.05, 0.1) is 11.5 Å². The zero-order valence-electron chi connectivity index (χ0n) is 11.5. The second kappa shape index (κ2) is 6.44. The molecule has 1 aromatic carbocycles. The van der Waals surface area contributed by atoms with Gasteiger partial charge in [-0.1, -0.05) is 24.3 Å². The lowest BCUT2D eigenvalue weighted by Gasteiger charge is -2.20. The molecule has 2 atom stereocenters. The normalized spacial score (nSPS) is 21.0. The lowest BCUT2D eigenvalue weighted by Crippen LogP contribution is -2.39. The monoisotopic (exact) mass is 313 g/mol. The Bertz CT molecular complexity index is 614. The molecule has 6 nitrogen and oxygen atoms in total. The van der Waals surface area contributed by atoms with Crippen molar-refractivity contribution in [2.75, 3.05) is 18.1 Å². The minimum atomic E-state index is -3.33. The maximum absolute atomic E-state index is 12.1. The van der Waals surface area contributed by atoms with Crippen LogP contribution < -0.4 is 5.32 Å². The number of fused-ring (bicyclic) bond motifs is 1. The van der Waals surface area contributed by atoms with Crippen molar-refractivity contribution < 1.29 is 23.4 Å². The number of hydrogen-bond donors (Lipinski definition) is 3. The summed E-state index contributed by atoms with van der Waals surface area (Å²) in [6.45, 7) is -0.169. The highest BCUT2D eigenvalue weighted by molar-refractivity contribution is 7.91. The summed E-state index contributed by atoms with van der Waals surface area (Å²) in [5, 5.41) is 20.1. The van der Waals surface area contributed by atoms with E-state index in [1.807, 2.05) is 24.3 Å². The van der Waals surface area contributed by atoms with Gasteiger partial charge in [0, 0.05) is 18.6 Å². The first-order valence-corrected chi connectivity index (χ1v) is 8.63. The number of benzene rings is 1. The summed E-state index contributed by atoms with van der Waals surface area (Å²) in [7, 11) is -3.33. The Kier molecular flexibility index (Phi) is 4.84. The summed E-state index contributed by atoms with van der Waals surface area (Å²) in [4.78, 5) is 10.9. The van der Waals surface area contributed by atoms with E-state index in [9.17, 15) is 13.2 Å². The van der Waals surface area contributed by atoms with Crippen LogP contribution in [-0.2, 0) is 16.3 Å². The molecule has 116 valence electrons. The molecular formula is C14H19NO5S. The van der Waals surface area contributed by atoms with E-state index in [1.54, 1.807) is 0 Å². The van der Waals surface area contributed by atoms with E-state index < -0.39 is 22.0 Å². The number of sulfone groups is 1. The average Bonchev–Trinajstić information content (AvgIpc) is 2.73. The van der Waals surface area contributed by atoms with Crippen molar-refractivity contribution >= 4 is 15.9 Å². The van der Waals surface area contributed by atoms with Gasteiger partial charge in [-0.2, -0.15) is 0 Å². The molecule has 0 saturated heterocycles. The molecule has 0 radical (unpaired) electrons. The Morgan fingerprint density at radius 3 is 2.71 bits per heavy atom. The predicted molar refractivity (Wildman–Crippen MR) is 78.2 cm³/mol. The highest BCUT2D eigenvalue weighted by Crippen LogP contribution is 2.34. The van der Waals surface area contributed by atoms with E-state index in [4.69, 9.17) is 10.2 Å². The maximum Gasteiger partial charge on any atom is 0.404 e. The number of hydrogen-bond acceptors (Lipinski definition) is 4. The van der Waals surface area contributed by atoms with Gasteiger partial charge in [-0.25, -0.2) is 13.2 Å². The Hall–Kier alpha value is -1.60. The van der Waals surface area contributed by atoms with Crippen molar-refractivity contribution in [1.82, 2.24) is 5.32 Å². The summed E-state index contributed by atoms with van der Waals surface area (Å²) in [6.07, 6.45) is -0.443. The van der Waals surface area contributed by atoms with Gasteiger partial charge in [0.15, 0.2) is 9.84 Å². The van der Waals surface area contributed by atoms with E-state index in [0.29, 0.717) is 6.42 Å². The lowest BCUT2D eigenvalue weighted by molar-refractivity contribution is 0.189. The summed E-state index contributed by atoms with van der Waals surface area (Å²) in [5.41, 5.74) is 1.88. The highest BCUT2D eigenvalue weighted by Gasteiger charge is 2.36. The second-order valence-corrected chi connectivity index (χ2v) is 7.49. The third-order valence-corrected chi connectivity index (χ3v) is 5.51. The molecule has 0 heterocycles. The fourth-order valence-corrected chi connectivity index (χ4v) is 4.53. The molecular weight excluding hydrogens is 294 g/mol. The third kappa shape index (κ3) is 3.95. The van der Waals surface area contributed by atoms with E-state index >= 15 is 0 Å². The maximum atomic E-state index is 12.1. The number of carbonyl (C=O) groups is 1. The van der Waals surface area contributed by atoms with Crippen LogP contribution in [0.2, 0.25) is 0 Å². The SMILES string of the molecule is O=C(O)N[C@@H]1Cc2ccccc2[C@H]1CS(=O)(=O)CCCO. The van der Waals surface area contributed by atoms with Crippen molar-refractivity contribution in [3.05, 3.63) is 35.4 Å². The topological polar surface area (TPSA) is 104 Å². The third-order valence-electron chi connectivity index (χ3n) is 3.74. The predicted octanol–water partition coefficient (Wildman–Crippen LogP) is 0.760. The Morgan fingerprint density at radius 2 is 2.05 bits per heavy atom.